The van der Waals surface area contributed by atoms with Crippen LogP contribution in [0.4, 0.5) is 10.1 Å². The number of benzene rings is 3. The Balaban J connectivity index is 1.94. The maximum Gasteiger partial charge on any atom is 0.300 e. The molecule has 0 radical (unpaired) electrons. The van der Waals surface area contributed by atoms with Gasteiger partial charge in [-0.1, -0.05) is 34.1 Å². The summed E-state index contributed by atoms with van der Waals surface area (Å²) in [7, 11) is 0. The fourth-order valence-electron chi connectivity index (χ4n) is 3.70. The lowest BCUT2D eigenvalue weighted by Gasteiger charge is -2.25. The molecule has 0 spiro atoms. The number of hydrogen-bond donors (Lipinski definition) is 1. The summed E-state index contributed by atoms with van der Waals surface area (Å²) in [4.78, 5) is 27.4. The van der Waals surface area contributed by atoms with Gasteiger partial charge in [0.05, 0.1) is 23.2 Å². The average Bonchev–Trinajstić information content (AvgIpc) is 3.06. The summed E-state index contributed by atoms with van der Waals surface area (Å²) >= 11 is 3.41. The molecule has 0 saturated carbocycles. The second kappa shape index (κ2) is 8.40. The Labute approximate surface area is 192 Å². The minimum Gasteiger partial charge on any atom is -0.507 e. The van der Waals surface area contributed by atoms with E-state index in [0.29, 0.717) is 22.4 Å². The number of hydrogen-bond acceptors (Lipinski definition) is 4. The summed E-state index contributed by atoms with van der Waals surface area (Å²) in [5.74, 6) is -2.45. The van der Waals surface area contributed by atoms with Crippen LogP contribution in [0.2, 0.25) is 0 Å². The second-order valence-corrected chi connectivity index (χ2v) is 8.20. The van der Waals surface area contributed by atoms with E-state index in [1.165, 1.54) is 41.3 Å². The quantitative estimate of drug-likeness (QED) is 0.303. The van der Waals surface area contributed by atoms with Crippen LogP contribution in [0.3, 0.4) is 0 Å². The van der Waals surface area contributed by atoms with Crippen molar-refractivity contribution in [3.8, 4) is 6.07 Å². The molecule has 7 heteroatoms. The van der Waals surface area contributed by atoms with Crippen molar-refractivity contribution in [1.29, 1.82) is 5.26 Å². The molecule has 1 atom stereocenters. The number of nitrogens with zero attached hydrogens (tertiary/aromatic N) is 2. The fourth-order valence-corrected chi connectivity index (χ4v) is 3.95. The zero-order valence-corrected chi connectivity index (χ0v) is 18.4. The van der Waals surface area contributed by atoms with E-state index in [-0.39, 0.29) is 11.3 Å². The largest absolute Gasteiger partial charge is 0.507 e. The molecule has 0 bridgehead atoms. The fraction of sp³-hybridized carbons (Fsp3) is 0.0800. The van der Waals surface area contributed by atoms with Gasteiger partial charge in [-0.15, -0.1) is 0 Å². The molecular weight excluding hydrogens is 475 g/mol. The molecule has 158 valence electrons. The molecule has 1 aliphatic rings. The number of aliphatic hydroxyl groups excluding tert-OH is 1. The monoisotopic (exact) mass is 490 g/mol. The van der Waals surface area contributed by atoms with E-state index in [1.54, 1.807) is 30.3 Å². The Morgan fingerprint density at radius 1 is 1.06 bits per heavy atom. The lowest BCUT2D eigenvalue weighted by molar-refractivity contribution is -0.132. The Morgan fingerprint density at radius 3 is 2.31 bits per heavy atom. The number of anilines is 1. The lowest BCUT2D eigenvalue weighted by atomic mass is 9.94. The van der Waals surface area contributed by atoms with E-state index in [9.17, 15) is 19.1 Å². The van der Waals surface area contributed by atoms with Crippen LogP contribution in [0.15, 0.2) is 76.8 Å². The van der Waals surface area contributed by atoms with Crippen molar-refractivity contribution >= 4 is 39.1 Å². The molecule has 1 fully saturated rings. The van der Waals surface area contributed by atoms with E-state index < -0.39 is 23.5 Å². The van der Waals surface area contributed by atoms with Crippen molar-refractivity contribution < 1.29 is 19.1 Å². The molecule has 32 heavy (non-hydrogen) atoms. The van der Waals surface area contributed by atoms with E-state index in [2.05, 4.69) is 15.9 Å². The Hall–Kier alpha value is -3.76. The van der Waals surface area contributed by atoms with Crippen LogP contribution in [0.1, 0.15) is 28.3 Å². The first-order valence-electron chi connectivity index (χ1n) is 9.65. The van der Waals surface area contributed by atoms with Crippen molar-refractivity contribution in [3.63, 3.8) is 0 Å². The number of rotatable bonds is 3. The number of aryl methyl sites for hydroxylation is 1. The van der Waals surface area contributed by atoms with Crippen LogP contribution >= 0.6 is 15.9 Å². The minimum atomic E-state index is -0.965. The van der Waals surface area contributed by atoms with Crippen molar-refractivity contribution in [2.75, 3.05) is 4.90 Å². The molecule has 0 aromatic heterocycles. The number of amides is 1. The van der Waals surface area contributed by atoms with Crippen molar-refractivity contribution in [2.45, 2.75) is 13.0 Å². The van der Waals surface area contributed by atoms with Crippen LogP contribution in [0, 0.1) is 24.1 Å². The van der Waals surface area contributed by atoms with E-state index in [1.807, 2.05) is 13.0 Å². The number of nitriles is 1. The van der Waals surface area contributed by atoms with Crippen LogP contribution in [-0.4, -0.2) is 16.8 Å². The molecule has 1 unspecified atom stereocenters. The molecule has 1 amide bonds. The molecule has 1 heterocycles. The normalized spacial score (nSPS) is 17.4. The SMILES string of the molecule is Cc1cc(/C(O)=C2/C(=O)C(=O)N(c3ccc(C#N)cc3)C2c2ccc(F)cc2)ccc1Br. The Morgan fingerprint density at radius 2 is 1.72 bits per heavy atom. The van der Waals surface area contributed by atoms with Gasteiger partial charge in [0.2, 0.25) is 0 Å². The molecule has 1 N–H and O–H groups in total. The number of Topliss-reactive ketones (excluding diaryl/α,β-unsaturated/α-hetero) is 1. The van der Waals surface area contributed by atoms with Crippen molar-refractivity contribution in [2.24, 2.45) is 0 Å². The molecule has 3 aromatic carbocycles. The second-order valence-electron chi connectivity index (χ2n) is 7.34. The minimum absolute atomic E-state index is 0.0901. The zero-order chi connectivity index (χ0) is 23.0. The highest BCUT2D eigenvalue weighted by Gasteiger charge is 2.47. The maximum absolute atomic E-state index is 13.6. The third-order valence-corrected chi connectivity index (χ3v) is 6.23. The summed E-state index contributed by atoms with van der Waals surface area (Å²) in [6, 6.07) is 17.7. The van der Waals surface area contributed by atoms with E-state index in [0.717, 1.165) is 10.0 Å². The van der Waals surface area contributed by atoms with Gasteiger partial charge in [-0.25, -0.2) is 4.39 Å². The summed E-state index contributed by atoms with van der Waals surface area (Å²) in [5, 5.41) is 20.2. The Kier molecular flexibility index (Phi) is 5.64. The van der Waals surface area contributed by atoms with Gasteiger partial charge in [0.1, 0.15) is 11.6 Å². The number of halogens is 2. The van der Waals surface area contributed by atoms with Crippen LogP contribution in [-0.2, 0) is 9.59 Å². The first-order chi connectivity index (χ1) is 15.3. The Bertz CT molecular complexity index is 1310. The molecule has 3 aromatic rings. The van der Waals surface area contributed by atoms with Gasteiger partial charge >= 0.3 is 0 Å². The molecule has 4 rings (SSSR count). The third-order valence-electron chi connectivity index (χ3n) is 5.34. The highest BCUT2D eigenvalue weighted by molar-refractivity contribution is 9.10. The van der Waals surface area contributed by atoms with Crippen LogP contribution < -0.4 is 4.90 Å². The summed E-state index contributed by atoms with van der Waals surface area (Å²) < 4.78 is 14.4. The van der Waals surface area contributed by atoms with E-state index in [4.69, 9.17) is 5.26 Å². The number of carbonyl (C=O) groups excluding carboxylic acids is 2. The summed E-state index contributed by atoms with van der Waals surface area (Å²) in [5.41, 5.74) is 2.38. The van der Waals surface area contributed by atoms with Crippen LogP contribution in [0.25, 0.3) is 5.76 Å². The highest BCUT2D eigenvalue weighted by atomic mass is 79.9. The first kappa shape index (κ1) is 21.5. The molecule has 0 aliphatic carbocycles. The maximum atomic E-state index is 13.6. The van der Waals surface area contributed by atoms with Gasteiger partial charge in [-0.3, -0.25) is 14.5 Å². The molecule has 5 nitrogen and oxygen atoms in total. The van der Waals surface area contributed by atoms with Crippen molar-refractivity contribution in [3.05, 3.63) is 105 Å². The van der Waals surface area contributed by atoms with Gasteiger partial charge in [0.25, 0.3) is 11.7 Å². The lowest BCUT2D eigenvalue weighted by Crippen LogP contribution is -2.29. The third kappa shape index (κ3) is 3.70. The predicted molar refractivity (Wildman–Crippen MR) is 121 cm³/mol. The smallest absolute Gasteiger partial charge is 0.300 e. The average molecular weight is 491 g/mol. The molecular formula is C25H16BrFN2O3. The standard InChI is InChI=1S/C25H16BrFN2O3/c1-14-12-17(6-11-20(14)26)23(30)21-22(16-4-7-18(27)8-5-16)29(25(32)24(21)31)19-9-2-15(13-28)3-10-19/h2-12,22,30H,1H3/b23-21-. The van der Waals surface area contributed by atoms with E-state index >= 15 is 0 Å². The van der Waals surface area contributed by atoms with Gasteiger partial charge in [-0.05, 0) is 66.6 Å². The first-order valence-corrected chi connectivity index (χ1v) is 10.4. The summed E-state index contributed by atoms with van der Waals surface area (Å²) in [6.07, 6.45) is 0. The van der Waals surface area contributed by atoms with Gasteiger partial charge in [-0.2, -0.15) is 5.26 Å². The van der Waals surface area contributed by atoms with Gasteiger partial charge in [0.15, 0.2) is 0 Å². The number of carbonyl (C=O) groups is 2. The highest BCUT2D eigenvalue weighted by Crippen LogP contribution is 2.42. The summed E-state index contributed by atoms with van der Waals surface area (Å²) in [6.45, 7) is 1.84. The topological polar surface area (TPSA) is 81.4 Å². The van der Waals surface area contributed by atoms with Gasteiger partial charge < -0.3 is 5.11 Å². The molecule has 1 saturated heterocycles. The van der Waals surface area contributed by atoms with Gasteiger partial charge in [0, 0.05) is 15.7 Å². The zero-order valence-electron chi connectivity index (χ0n) is 16.8. The van der Waals surface area contributed by atoms with Crippen LogP contribution in [0.5, 0.6) is 0 Å². The van der Waals surface area contributed by atoms with Crippen molar-refractivity contribution in [1.82, 2.24) is 0 Å². The predicted octanol–water partition coefficient (Wildman–Crippen LogP) is 5.39. The number of aliphatic hydroxyl groups is 1. The molecule has 1 aliphatic heterocycles. The number of ketones is 1.